The summed E-state index contributed by atoms with van der Waals surface area (Å²) in [6, 6.07) is 13.1. The molecule has 0 saturated heterocycles. The molecule has 0 fully saturated rings. The van der Waals surface area contributed by atoms with Crippen molar-refractivity contribution in [1.29, 1.82) is 0 Å². The van der Waals surface area contributed by atoms with Gasteiger partial charge < -0.3 is 25.0 Å². The number of benzene rings is 2. The minimum absolute atomic E-state index is 0.0214. The van der Waals surface area contributed by atoms with Crippen LogP contribution < -0.4 is 25.0 Å². The highest BCUT2D eigenvalue weighted by Gasteiger charge is 2.17. The van der Waals surface area contributed by atoms with E-state index in [1.807, 2.05) is 44.3 Å². The van der Waals surface area contributed by atoms with Crippen molar-refractivity contribution in [2.45, 2.75) is 19.5 Å². The molecule has 7 nitrogen and oxygen atoms in total. The Labute approximate surface area is 171 Å². The van der Waals surface area contributed by atoms with Gasteiger partial charge in [-0.3, -0.25) is 9.59 Å². The zero-order chi connectivity index (χ0) is 20.8. The van der Waals surface area contributed by atoms with Gasteiger partial charge in [0.2, 0.25) is 0 Å². The first kappa shape index (κ1) is 20.7. The van der Waals surface area contributed by atoms with E-state index in [4.69, 9.17) is 9.47 Å². The van der Waals surface area contributed by atoms with Crippen molar-refractivity contribution in [2.75, 3.05) is 33.9 Å². The number of nitrogens with one attached hydrogen (secondary N) is 3. The first-order valence-electron chi connectivity index (χ1n) is 9.77. The molecule has 0 saturated carbocycles. The number of fused-ring (bicyclic) bond motifs is 1. The summed E-state index contributed by atoms with van der Waals surface area (Å²) in [5.41, 5.74) is 2.67. The quantitative estimate of drug-likeness (QED) is 0.642. The minimum Gasteiger partial charge on any atom is -0.486 e. The van der Waals surface area contributed by atoms with E-state index in [-0.39, 0.29) is 17.9 Å². The zero-order valence-corrected chi connectivity index (χ0v) is 17.1. The summed E-state index contributed by atoms with van der Waals surface area (Å²) in [6.07, 6.45) is 0. The lowest BCUT2D eigenvalue weighted by atomic mass is 10.1. The third-order valence-electron chi connectivity index (χ3n) is 4.86. The Morgan fingerprint density at radius 3 is 2.45 bits per heavy atom. The second-order valence-corrected chi connectivity index (χ2v) is 7.28. The maximum absolute atomic E-state index is 12.5. The zero-order valence-electron chi connectivity index (χ0n) is 17.1. The fraction of sp³-hybridized carbons (Fsp3) is 0.364. The fourth-order valence-corrected chi connectivity index (χ4v) is 3.31. The average molecular weight is 398 g/mol. The molecule has 29 heavy (non-hydrogen) atoms. The van der Waals surface area contributed by atoms with Crippen LogP contribution in [0.1, 0.15) is 34.5 Å². The van der Waals surface area contributed by atoms with Crippen molar-refractivity contribution < 1.29 is 24.0 Å². The van der Waals surface area contributed by atoms with Gasteiger partial charge in [0.05, 0.1) is 13.1 Å². The van der Waals surface area contributed by atoms with Gasteiger partial charge >= 0.3 is 0 Å². The highest BCUT2D eigenvalue weighted by atomic mass is 16.6. The Kier molecular flexibility index (Phi) is 6.72. The van der Waals surface area contributed by atoms with Crippen LogP contribution in [0.5, 0.6) is 11.5 Å². The lowest BCUT2D eigenvalue weighted by Gasteiger charge is -2.21. The monoisotopic (exact) mass is 398 g/mol. The normalized spacial score (nSPS) is 14.6. The molecular formula is C22H28N3O4+. The number of hydrogen-bond acceptors (Lipinski definition) is 4. The molecule has 2 amide bonds. The molecule has 1 heterocycles. The molecule has 154 valence electrons. The number of hydrogen-bond donors (Lipinski definition) is 3. The largest absolute Gasteiger partial charge is 0.486 e. The molecule has 3 N–H and O–H groups in total. The van der Waals surface area contributed by atoms with Crippen LogP contribution in [0.15, 0.2) is 42.5 Å². The summed E-state index contributed by atoms with van der Waals surface area (Å²) < 4.78 is 11.2. The van der Waals surface area contributed by atoms with Crippen molar-refractivity contribution in [3.05, 3.63) is 59.2 Å². The third-order valence-corrected chi connectivity index (χ3v) is 4.86. The number of quaternary nitrogens is 1. The van der Waals surface area contributed by atoms with E-state index in [1.165, 1.54) is 0 Å². The molecule has 3 rings (SSSR count). The molecule has 1 unspecified atom stereocenters. The van der Waals surface area contributed by atoms with Gasteiger partial charge in [-0.1, -0.05) is 18.2 Å². The molecule has 0 radical (unpaired) electrons. The van der Waals surface area contributed by atoms with Crippen LogP contribution in [0, 0.1) is 0 Å². The summed E-state index contributed by atoms with van der Waals surface area (Å²) in [6.45, 7) is 4.10. The van der Waals surface area contributed by atoms with Crippen LogP contribution in [0.3, 0.4) is 0 Å². The first-order chi connectivity index (χ1) is 14.0. The van der Waals surface area contributed by atoms with Gasteiger partial charge in [-0.15, -0.1) is 0 Å². The molecular weight excluding hydrogens is 370 g/mol. The molecule has 2 aromatic carbocycles. The number of carbonyl (C=O) groups is 2. The van der Waals surface area contributed by atoms with Gasteiger partial charge in [-0.2, -0.15) is 0 Å². The van der Waals surface area contributed by atoms with Gasteiger partial charge in [0, 0.05) is 18.2 Å². The van der Waals surface area contributed by atoms with E-state index in [9.17, 15) is 9.59 Å². The molecule has 2 atom stereocenters. The standard InChI is InChI=1S/C22H27N3O4/c1-15(18-8-9-19-20(12-18)29-11-10-28-19)24-21(26)14-25(3)13-16-4-6-17(7-5-16)22(27)23-2/h4-9,12,15H,10-11,13-14H2,1-3H3,(H,23,27)(H,24,26)/p+1/t15-/m1/s1. The number of rotatable bonds is 7. The maximum atomic E-state index is 12.5. The van der Waals surface area contributed by atoms with Gasteiger partial charge in [-0.05, 0) is 36.8 Å². The Bertz CT molecular complexity index is 867. The highest BCUT2D eigenvalue weighted by molar-refractivity contribution is 5.93. The summed E-state index contributed by atoms with van der Waals surface area (Å²) in [4.78, 5) is 25.1. The summed E-state index contributed by atoms with van der Waals surface area (Å²) in [5.74, 6) is 1.33. The van der Waals surface area contributed by atoms with Crippen molar-refractivity contribution in [3.63, 3.8) is 0 Å². The number of ether oxygens (including phenoxy) is 2. The van der Waals surface area contributed by atoms with Crippen LogP contribution in [0.25, 0.3) is 0 Å². The molecule has 7 heteroatoms. The van der Waals surface area contributed by atoms with E-state index in [2.05, 4.69) is 10.6 Å². The van der Waals surface area contributed by atoms with E-state index in [1.54, 1.807) is 19.2 Å². The SMILES string of the molecule is CNC(=O)c1ccc(C[NH+](C)CC(=O)N[C@H](C)c2ccc3c(c2)OCCO3)cc1. The Morgan fingerprint density at radius 1 is 1.07 bits per heavy atom. The molecule has 0 spiro atoms. The predicted molar refractivity (Wildman–Crippen MR) is 109 cm³/mol. The number of likely N-dealkylation sites (N-methyl/N-ethyl adjacent to an activating group) is 1. The molecule has 0 aromatic heterocycles. The van der Waals surface area contributed by atoms with E-state index in [0.29, 0.717) is 31.9 Å². The Balaban J connectivity index is 1.51. The van der Waals surface area contributed by atoms with E-state index < -0.39 is 0 Å². The fourth-order valence-electron chi connectivity index (χ4n) is 3.31. The summed E-state index contributed by atoms with van der Waals surface area (Å²) in [7, 11) is 3.58. The van der Waals surface area contributed by atoms with Crippen molar-refractivity contribution in [1.82, 2.24) is 10.6 Å². The second kappa shape index (κ2) is 9.43. The topological polar surface area (TPSA) is 81.1 Å². The molecule has 1 aliphatic heterocycles. The van der Waals surface area contributed by atoms with Crippen LogP contribution >= 0.6 is 0 Å². The van der Waals surface area contributed by atoms with Gasteiger partial charge in [0.25, 0.3) is 11.8 Å². The first-order valence-corrected chi connectivity index (χ1v) is 9.77. The van der Waals surface area contributed by atoms with Gasteiger partial charge in [-0.25, -0.2) is 0 Å². The van der Waals surface area contributed by atoms with Crippen molar-refractivity contribution >= 4 is 11.8 Å². The number of amides is 2. The van der Waals surface area contributed by atoms with Crippen LogP contribution in [0.2, 0.25) is 0 Å². The smallest absolute Gasteiger partial charge is 0.275 e. The summed E-state index contributed by atoms with van der Waals surface area (Å²) in [5, 5.41) is 5.65. The molecule has 0 bridgehead atoms. The maximum Gasteiger partial charge on any atom is 0.275 e. The highest BCUT2D eigenvalue weighted by Crippen LogP contribution is 2.32. The minimum atomic E-state index is -0.127. The third kappa shape index (κ3) is 5.48. The molecule has 0 aliphatic carbocycles. The molecule has 2 aromatic rings. The summed E-state index contributed by atoms with van der Waals surface area (Å²) >= 11 is 0. The van der Waals surface area contributed by atoms with E-state index in [0.717, 1.165) is 27.5 Å². The lowest BCUT2D eigenvalue weighted by Crippen LogP contribution is -3.08. The van der Waals surface area contributed by atoms with Crippen molar-refractivity contribution in [3.8, 4) is 11.5 Å². The van der Waals surface area contributed by atoms with Gasteiger partial charge in [0.15, 0.2) is 18.0 Å². The predicted octanol–water partition coefficient (Wildman–Crippen LogP) is 0.710. The lowest BCUT2D eigenvalue weighted by molar-refractivity contribution is -0.885. The Hall–Kier alpha value is -3.06. The van der Waals surface area contributed by atoms with E-state index >= 15 is 0 Å². The molecule has 1 aliphatic rings. The van der Waals surface area contributed by atoms with Gasteiger partial charge in [0.1, 0.15) is 19.8 Å². The van der Waals surface area contributed by atoms with Crippen molar-refractivity contribution in [2.24, 2.45) is 0 Å². The average Bonchev–Trinajstić information content (AvgIpc) is 2.73. The van der Waals surface area contributed by atoms with Crippen LogP contribution in [-0.2, 0) is 11.3 Å². The van der Waals surface area contributed by atoms with Crippen LogP contribution in [-0.4, -0.2) is 45.7 Å². The second-order valence-electron chi connectivity index (χ2n) is 7.28. The Morgan fingerprint density at radius 2 is 1.76 bits per heavy atom. The number of carbonyl (C=O) groups excluding carboxylic acids is 2. The van der Waals surface area contributed by atoms with Crippen LogP contribution in [0.4, 0.5) is 0 Å².